The van der Waals surface area contributed by atoms with Crippen molar-refractivity contribution in [2.24, 2.45) is 0 Å². The quantitative estimate of drug-likeness (QED) is 0.687. The largest absolute Gasteiger partial charge is 0.387 e. The zero-order valence-corrected chi connectivity index (χ0v) is 6.78. The van der Waals surface area contributed by atoms with Gasteiger partial charge in [0.15, 0.2) is 0 Å². The molecule has 0 aliphatic heterocycles. The Bertz CT molecular complexity index is 398. The number of rotatable bonds is 1. The summed E-state index contributed by atoms with van der Waals surface area (Å²) in [5, 5.41) is 4.09. The van der Waals surface area contributed by atoms with Crippen molar-refractivity contribution in [1.29, 1.82) is 0 Å². The third-order valence-electron chi connectivity index (χ3n) is 1.77. The Morgan fingerprint density at radius 2 is 2.25 bits per heavy atom. The van der Waals surface area contributed by atoms with E-state index in [4.69, 9.17) is 0 Å². The third kappa shape index (κ3) is 1.09. The van der Waals surface area contributed by atoms with Crippen molar-refractivity contribution in [2.45, 2.75) is 0 Å². The Kier molecular flexibility index (Phi) is 1.63. The molecule has 3 nitrogen and oxygen atoms in total. The molecule has 0 aliphatic carbocycles. The van der Waals surface area contributed by atoms with Crippen molar-refractivity contribution < 1.29 is 0 Å². The van der Waals surface area contributed by atoms with Gasteiger partial charge < -0.3 is 5.32 Å². The highest BCUT2D eigenvalue weighted by Gasteiger charge is 1.94. The maximum absolute atomic E-state index is 4.25. The summed E-state index contributed by atoms with van der Waals surface area (Å²) in [4.78, 5) is 8.27. The molecule has 0 spiro atoms. The molecule has 0 amide bonds. The Balaban J connectivity index is 2.67. The highest BCUT2D eigenvalue weighted by Crippen LogP contribution is 2.13. The standard InChI is InChI=1S/C9H9N3/c1-10-8-4-7-5-11-3-2-9(7)12-6-8/h2-6,10H,1H3. The lowest BCUT2D eigenvalue weighted by Crippen LogP contribution is -1.89. The van der Waals surface area contributed by atoms with Gasteiger partial charge in [0.05, 0.1) is 17.4 Å². The zero-order chi connectivity index (χ0) is 8.39. The number of pyridine rings is 2. The summed E-state index contributed by atoms with van der Waals surface area (Å²) in [5.74, 6) is 0. The van der Waals surface area contributed by atoms with E-state index in [1.54, 1.807) is 6.20 Å². The molecule has 3 heteroatoms. The van der Waals surface area contributed by atoms with Crippen molar-refractivity contribution >= 4 is 16.6 Å². The lowest BCUT2D eigenvalue weighted by molar-refractivity contribution is 1.32. The average molecular weight is 159 g/mol. The van der Waals surface area contributed by atoms with Crippen LogP contribution >= 0.6 is 0 Å². The summed E-state index contributed by atoms with van der Waals surface area (Å²) in [6.07, 6.45) is 5.36. The van der Waals surface area contributed by atoms with Crippen LogP contribution in [0.1, 0.15) is 0 Å². The van der Waals surface area contributed by atoms with Gasteiger partial charge in [-0.2, -0.15) is 0 Å². The molecule has 2 rings (SSSR count). The van der Waals surface area contributed by atoms with Crippen LogP contribution in [-0.2, 0) is 0 Å². The number of anilines is 1. The molecule has 2 aromatic rings. The van der Waals surface area contributed by atoms with Gasteiger partial charge in [-0.3, -0.25) is 9.97 Å². The highest BCUT2D eigenvalue weighted by molar-refractivity contribution is 5.80. The second kappa shape index (κ2) is 2.77. The van der Waals surface area contributed by atoms with Crippen LogP contribution in [0, 0.1) is 0 Å². The zero-order valence-electron chi connectivity index (χ0n) is 6.78. The first kappa shape index (κ1) is 7.03. The van der Waals surface area contributed by atoms with E-state index in [9.17, 15) is 0 Å². The van der Waals surface area contributed by atoms with E-state index < -0.39 is 0 Å². The molecule has 0 aliphatic rings. The van der Waals surface area contributed by atoms with Crippen LogP contribution in [0.15, 0.2) is 30.7 Å². The second-order valence-electron chi connectivity index (χ2n) is 2.54. The molecule has 2 aromatic heterocycles. The summed E-state index contributed by atoms with van der Waals surface area (Å²) in [7, 11) is 1.87. The molecular weight excluding hydrogens is 150 g/mol. The minimum Gasteiger partial charge on any atom is -0.387 e. The molecular formula is C9H9N3. The first-order chi connectivity index (χ1) is 5.90. The van der Waals surface area contributed by atoms with Crippen molar-refractivity contribution in [3.63, 3.8) is 0 Å². The fraction of sp³-hybridized carbons (Fsp3) is 0.111. The molecule has 0 bridgehead atoms. The van der Waals surface area contributed by atoms with Crippen molar-refractivity contribution in [3.05, 3.63) is 30.7 Å². The molecule has 0 aromatic carbocycles. The maximum atomic E-state index is 4.25. The van der Waals surface area contributed by atoms with E-state index in [1.807, 2.05) is 31.6 Å². The number of nitrogens with zero attached hydrogens (tertiary/aromatic N) is 2. The summed E-state index contributed by atoms with van der Waals surface area (Å²) >= 11 is 0. The van der Waals surface area contributed by atoms with Crippen LogP contribution in [0.2, 0.25) is 0 Å². The Morgan fingerprint density at radius 1 is 1.33 bits per heavy atom. The molecule has 12 heavy (non-hydrogen) atoms. The average Bonchev–Trinajstić information content (AvgIpc) is 2.17. The molecule has 2 heterocycles. The summed E-state index contributed by atoms with van der Waals surface area (Å²) in [6, 6.07) is 3.92. The molecule has 60 valence electrons. The first-order valence-corrected chi connectivity index (χ1v) is 3.77. The maximum Gasteiger partial charge on any atom is 0.0734 e. The van der Waals surface area contributed by atoms with E-state index in [1.165, 1.54) is 0 Å². The Hall–Kier alpha value is -1.64. The number of hydrogen-bond donors (Lipinski definition) is 1. The lowest BCUT2D eigenvalue weighted by atomic mass is 10.2. The van der Waals surface area contributed by atoms with Crippen molar-refractivity contribution in [1.82, 2.24) is 9.97 Å². The van der Waals surface area contributed by atoms with Crippen LogP contribution < -0.4 is 5.32 Å². The number of aromatic nitrogens is 2. The van der Waals surface area contributed by atoms with Crippen LogP contribution in [0.25, 0.3) is 10.9 Å². The molecule has 1 N–H and O–H groups in total. The van der Waals surface area contributed by atoms with Crippen LogP contribution in [0.4, 0.5) is 5.69 Å². The van der Waals surface area contributed by atoms with Gasteiger partial charge in [0.25, 0.3) is 0 Å². The van der Waals surface area contributed by atoms with Gasteiger partial charge in [0, 0.05) is 24.8 Å². The molecule has 0 radical (unpaired) electrons. The van der Waals surface area contributed by atoms with Gasteiger partial charge in [-0.15, -0.1) is 0 Å². The molecule has 0 saturated carbocycles. The van der Waals surface area contributed by atoms with Crippen molar-refractivity contribution in [2.75, 3.05) is 12.4 Å². The van der Waals surface area contributed by atoms with E-state index >= 15 is 0 Å². The fourth-order valence-corrected chi connectivity index (χ4v) is 1.11. The fourth-order valence-electron chi connectivity index (χ4n) is 1.11. The SMILES string of the molecule is CNc1cnc2ccncc2c1. The second-order valence-corrected chi connectivity index (χ2v) is 2.54. The monoisotopic (exact) mass is 159 g/mol. The van der Waals surface area contributed by atoms with Crippen LogP contribution in [0.5, 0.6) is 0 Å². The predicted octanol–water partition coefficient (Wildman–Crippen LogP) is 1.67. The lowest BCUT2D eigenvalue weighted by Gasteiger charge is -2.00. The summed E-state index contributed by atoms with van der Waals surface area (Å²) in [6.45, 7) is 0. The van der Waals surface area contributed by atoms with Gasteiger partial charge in [-0.25, -0.2) is 0 Å². The highest BCUT2D eigenvalue weighted by atomic mass is 14.8. The van der Waals surface area contributed by atoms with Gasteiger partial charge >= 0.3 is 0 Å². The third-order valence-corrected chi connectivity index (χ3v) is 1.77. The minimum absolute atomic E-state index is 0.976. The van der Waals surface area contributed by atoms with Gasteiger partial charge in [-0.1, -0.05) is 0 Å². The van der Waals surface area contributed by atoms with Crippen LogP contribution in [-0.4, -0.2) is 17.0 Å². The van der Waals surface area contributed by atoms with Gasteiger partial charge in [0.1, 0.15) is 0 Å². The normalized spacial score (nSPS) is 10.1. The summed E-state index contributed by atoms with van der Waals surface area (Å²) in [5.41, 5.74) is 1.99. The van der Waals surface area contributed by atoms with E-state index in [2.05, 4.69) is 15.3 Å². The number of fused-ring (bicyclic) bond motifs is 1. The Morgan fingerprint density at radius 3 is 3.08 bits per heavy atom. The number of hydrogen-bond acceptors (Lipinski definition) is 3. The van der Waals surface area contributed by atoms with Gasteiger partial charge in [-0.05, 0) is 12.1 Å². The molecule has 0 saturated heterocycles. The molecule has 0 fully saturated rings. The molecule has 0 unspecified atom stereocenters. The predicted molar refractivity (Wildman–Crippen MR) is 49.1 cm³/mol. The first-order valence-electron chi connectivity index (χ1n) is 3.77. The van der Waals surface area contributed by atoms with E-state index in [0.29, 0.717) is 0 Å². The van der Waals surface area contributed by atoms with Crippen LogP contribution in [0.3, 0.4) is 0 Å². The smallest absolute Gasteiger partial charge is 0.0734 e. The topological polar surface area (TPSA) is 37.8 Å². The number of nitrogens with one attached hydrogen (secondary N) is 1. The minimum atomic E-state index is 0.976. The Labute approximate surface area is 70.5 Å². The van der Waals surface area contributed by atoms with E-state index in [-0.39, 0.29) is 0 Å². The molecule has 0 atom stereocenters. The van der Waals surface area contributed by atoms with Crippen molar-refractivity contribution in [3.8, 4) is 0 Å². The van der Waals surface area contributed by atoms with E-state index in [0.717, 1.165) is 16.6 Å². The van der Waals surface area contributed by atoms with Gasteiger partial charge in [0.2, 0.25) is 0 Å². The summed E-state index contributed by atoms with van der Waals surface area (Å²) < 4.78 is 0.